The van der Waals surface area contributed by atoms with Crippen molar-refractivity contribution in [1.82, 2.24) is 15.3 Å². The maximum absolute atomic E-state index is 6.46. The molecule has 1 aliphatic rings. The van der Waals surface area contributed by atoms with E-state index in [2.05, 4.69) is 39.5 Å². The van der Waals surface area contributed by atoms with Gasteiger partial charge in [-0.2, -0.15) is 0 Å². The third-order valence-electron chi connectivity index (χ3n) is 5.15. The lowest BCUT2D eigenvalue weighted by Crippen LogP contribution is -2.33. The number of aromatic nitrogens is 1. The quantitative estimate of drug-likeness (QED) is 0.539. The minimum Gasteiger partial charge on any atom is -0.302 e. The highest BCUT2D eigenvalue weighted by atomic mass is 35.5. The number of benzene rings is 2. The van der Waals surface area contributed by atoms with Crippen LogP contribution < -0.4 is 10.4 Å². The minimum absolute atomic E-state index is 0.733. The molecule has 1 N–H and O–H groups in total. The monoisotopic (exact) mass is 438 g/mol. The van der Waals surface area contributed by atoms with Crippen LogP contribution in [0, 0.1) is 0 Å². The number of rotatable bonds is 7. The van der Waals surface area contributed by atoms with E-state index in [-0.39, 0.29) is 0 Å². The molecule has 0 amide bonds. The predicted octanol–water partition coefficient (Wildman–Crippen LogP) is 5.34. The molecule has 0 radical (unpaired) electrons. The number of pyridine rings is 1. The lowest BCUT2D eigenvalue weighted by molar-refractivity contribution is 0.354. The molecule has 1 aliphatic heterocycles. The van der Waals surface area contributed by atoms with Crippen molar-refractivity contribution in [2.75, 3.05) is 25.1 Å². The Bertz CT molecular complexity index is 1040. The van der Waals surface area contributed by atoms with E-state index in [1.807, 2.05) is 54.7 Å². The molecule has 4 nitrogen and oxygen atoms in total. The Balaban J connectivity index is 1.54. The molecule has 0 saturated carbocycles. The van der Waals surface area contributed by atoms with Crippen molar-refractivity contribution in [3.05, 3.63) is 105 Å². The second kappa shape index (κ2) is 9.52. The van der Waals surface area contributed by atoms with Crippen LogP contribution in [0.1, 0.15) is 11.1 Å². The minimum atomic E-state index is 0.733. The van der Waals surface area contributed by atoms with Gasteiger partial charge in [0.15, 0.2) is 0 Å². The van der Waals surface area contributed by atoms with E-state index in [0.717, 1.165) is 47.4 Å². The Hall–Kier alpha value is -2.53. The number of anilines is 1. The van der Waals surface area contributed by atoms with Crippen molar-refractivity contribution in [3.63, 3.8) is 0 Å². The number of hydrogen-bond acceptors (Lipinski definition) is 4. The van der Waals surface area contributed by atoms with E-state index in [1.54, 1.807) is 6.20 Å². The fourth-order valence-electron chi connectivity index (χ4n) is 3.70. The summed E-state index contributed by atoms with van der Waals surface area (Å²) in [6, 6.07) is 20.0. The molecule has 4 rings (SSSR count). The molecule has 0 saturated heterocycles. The molecule has 0 fully saturated rings. The number of nitrogens with zero attached hydrogens (tertiary/aromatic N) is 3. The van der Waals surface area contributed by atoms with Gasteiger partial charge in [0.1, 0.15) is 0 Å². The fourth-order valence-corrected chi connectivity index (χ4v) is 4.13. The zero-order valence-corrected chi connectivity index (χ0v) is 18.4. The van der Waals surface area contributed by atoms with Gasteiger partial charge in [0.2, 0.25) is 0 Å². The van der Waals surface area contributed by atoms with Crippen LogP contribution >= 0.6 is 23.2 Å². The number of hydrogen-bond donors (Lipinski definition) is 1. The van der Waals surface area contributed by atoms with Crippen molar-refractivity contribution >= 4 is 28.9 Å². The van der Waals surface area contributed by atoms with Crippen molar-refractivity contribution in [1.29, 1.82) is 0 Å². The van der Waals surface area contributed by atoms with Crippen molar-refractivity contribution in [3.8, 4) is 0 Å². The number of likely N-dealkylation sites (N-methyl/N-ethyl adjacent to an activating group) is 1. The molecule has 30 heavy (non-hydrogen) atoms. The Labute approximate surface area is 187 Å². The van der Waals surface area contributed by atoms with Gasteiger partial charge in [0.25, 0.3) is 0 Å². The van der Waals surface area contributed by atoms with Gasteiger partial charge in [-0.05, 0) is 48.0 Å². The van der Waals surface area contributed by atoms with Gasteiger partial charge in [-0.1, -0.05) is 59.6 Å². The van der Waals surface area contributed by atoms with Crippen LogP contribution in [0.3, 0.4) is 0 Å². The first-order chi connectivity index (χ1) is 14.6. The largest absolute Gasteiger partial charge is 0.302 e. The summed E-state index contributed by atoms with van der Waals surface area (Å²) in [6.45, 7) is 2.39. The molecule has 0 spiro atoms. The van der Waals surface area contributed by atoms with Gasteiger partial charge in [0, 0.05) is 42.6 Å². The van der Waals surface area contributed by atoms with E-state index >= 15 is 0 Å². The van der Waals surface area contributed by atoms with Crippen molar-refractivity contribution < 1.29 is 0 Å². The normalized spacial score (nSPS) is 13.8. The lowest BCUT2D eigenvalue weighted by Gasteiger charge is -2.22. The molecule has 2 aromatic carbocycles. The first-order valence-corrected chi connectivity index (χ1v) is 10.7. The Morgan fingerprint density at radius 1 is 0.967 bits per heavy atom. The molecule has 0 atom stereocenters. The molecule has 0 unspecified atom stereocenters. The standard InChI is InChI=1S/C24H24Cl2N4/c1-29(15-19-8-2-3-9-21(19)25)16-20-17-30(24-11-5-4-10-22(24)26)28-23(20)13-18-7-6-12-27-14-18/h2-12,14,28H,13,15-17H2,1H3. The van der Waals surface area contributed by atoms with Gasteiger partial charge >= 0.3 is 0 Å². The number of halogens is 2. The molecular formula is C24H24Cl2N4. The van der Waals surface area contributed by atoms with Crippen LogP contribution in [0.2, 0.25) is 10.0 Å². The molecule has 154 valence electrons. The Kier molecular flexibility index (Phi) is 6.58. The predicted molar refractivity (Wildman–Crippen MR) is 125 cm³/mol. The van der Waals surface area contributed by atoms with Crippen LogP contribution in [0.15, 0.2) is 84.3 Å². The maximum atomic E-state index is 6.46. The number of nitrogens with one attached hydrogen (secondary N) is 1. The summed E-state index contributed by atoms with van der Waals surface area (Å²) in [4.78, 5) is 6.55. The summed E-state index contributed by atoms with van der Waals surface area (Å²) >= 11 is 12.8. The average molecular weight is 439 g/mol. The molecule has 2 heterocycles. The topological polar surface area (TPSA) is 31.4 Å². The Morgan fingerprint density at radius 2 is 1.73 bits per heavy atom. The third kappa shape index (κ3) is 4.96. The molecule has 0 aliphatic carbocycles. The van der Waals surface area contributed by atoms with Crippen LogP contribution in [-0.2, 0) is 13.0 Å². The summed E-state index contributed by atoms with van der Waals surface area (Å²) in [7, 11) is 2.12. The van der Waals surface area contributed by atoms with E-state index in [0.29, 0.717) is 0 Å². The van der Waals surface area contributed by atoms with Gasteiger partial charge in [0.05, 0.1) is 17.3 Å². The summed E-state index contributed by atoms with van der Waals surface area (Å²) in [6.07, 6.45) is 4.51. The summed E-state index contributed by atoms with van der Waals surface area (Å²) < 4.78 is 0. The second-order valence-electron chi connectivity index (χ2n) is 7.53. The highest BCUT2D eigenvalue weighted by Gasteiger charge is 2.24. The third-order valence-corrected chi connectivity index (χ3v) is 5.84. The number of para-hydroxylation sites is 1. The second-order valence-corrected chi connectivity index (χ2v) is 8.35. The molecule has 3 aromatic rings. The van der Waals surface area contributed by atoms with E-state index in [9.17, 15) is 0 Å². The smallest absolute Gasteiger partial charge is 0.0761 e. The van der Waals surface area contributed by atoms with Crippen LogP contribution in [0.25, 0.3) is 0 Å². The zero-order chi connectivity index (χ0) is 20.9. The highest BCUT2D eigenvalue weighted by molar-refractivity contribution is 6.33. The first-order valence-electron chi connectivity index (χ1n) is 9.90. The van der Waals surface area contributed by atoms with E-state index in [4.69, 9.17) is 23.2 Å². The van der Waals surface area contributed by atoms with Crippen LogP contribution in [-0.4, -0.2) is 30.0 Å². The first kappa shape index (κ1) is 20.7. The molecular weight excluding hydrogens is 415 g/mol. The van der Waals surface area contributed by atoms with E-state index < -0.39 is 0 Å². The van der Waals surface area contributed by atoms with Gasteiger partial charge in [-0.25, -0.2) is 0 Å². The Morgan fingerprint density at radius 3 is 2.47 bits per heavy atom. The number of hydrazine groups is 1. The van der Waals surface area contributed by atoms with E-state index in [1.165, 1.54) is 16.8 Å². The fraction of sp³-hybridized carbons (Fsp3) is 0.208. The zero-order valence-electron chi connectivity index (χ0n) is 16.9. The van der Waals surface area contributed by atoms with Crippen LogP contribution in [0.5, 0.6) is 0 Å². The SMILES string of the molecule is CN(CC1=C(Cc2cccnc2)NN(c2ccccc2Cl)C1)Cc1ccccc1Cl. The molecule has 6 heteroatoms. The van der Waals surface area contributed by atoms with Crippen LogP contribution in [0.4, 0.5) is 5.69 Å². The molecule has 0 bridgehead atoms. The summed E-state index contributed by atoms with van der Waals surface area (Å²) in [5, 5.41) is 3.65. The van der Waals surface area contributed by atoms with Gasteiger partial charge < -0.3 is 5.43 Å². The summed E-state index contributed by atoms with van der Waals surface area (Å²) in [5.41, 5.74) is 9.37. The van der Waals surface area contributed by atoms with Crippen molar-refractivity contribution in [2.24, 2.45) is 0 Å². The van der Waals surface area contributed by atoms with Crippen molar-refractivity contribution in [2.45, 2.75) is 13.0 Å². The highest BCUT2D eigenvalue weighted by Crippen LogP contribution is 2.29. The summed E-state index contributed by atoms with van der Waals surface area (Å²) in [5.74, 6) is 0. The van der Waals surface area contributed by atoms with Gasteiger partial charge in [-0.3, -0.25) is 14.9 Å². The lowest BCUT2D eigenvalue weighted by atomic mass is 10.1. The number of allylic oxidation sites excluding steroid dienone is 1. The maximum Gasteiger partial charge on any atom is 0.0761 e. The molecule has 1 aromatic heterocycles. The van der Waals surface area contributed by atoms with Gasteiger partial charge in [-0.15, -0.1) is 0 Å². The average Bonchev–Trinajstić information content (AvgIpc) is 3.12.